The number of hydrogen-bond acceptors (Lipinski definition) is 3. The van der Waals surface area contributed by atoms with Gasteiger partial charge in [0.1, 0.15) is 0 Å². The summed E-state index contributed by atoms with van der Waals surface area (Å²) in [7, 11) is 4.12. The molecule has 0 aliphatic carbocycles. The Balaban J connectivity index is 2.33. The predicted molar refractivity (Wildman–Crippen MR) is 99.6 cm³/mol. The molecule has 0 saturated carbocycles. The van der Waals surface area contributed by atoms with Crippen LogP contribution in [0.4, 0.5) is 5.69 Å². The van der Waals surface area contributed by atoms with Crippen LogP contribution in [0.1, 0.15) is 25.8 Å². The Morgan fingerprint density at radius 2 is 1.87 bits per heavy atom. The SMILES string of the molecule is CCNC(=NCCCc1ccc(N(C)C)cc1)NCCOCC. The number of aliphatic imine (C=N–C) groups is 1. The summed E-state index contributed by atoms with van der Waals surface area (Å²) in [6.45, 7) is 8.01. The van der Waals surface area contributed by atoms with E-state index in [2.05, 4.69) is 65.8 Å². The van der Waals surface area contributed by atoms with Crippen molar-refractivity contribution in [1.29, 1.82) is 0 Å². The second kappa shape index (κ2) is 11.8. The van der Waals surface area contributed by atoms with E-state index in [9.17, 15) is 0 Å². The molecule has 2 N–H and O–H groups in total. The zero-order valence-corrected chi connectivity index (χ0v) is 15.1. The largest absolute Gasteiger partial charge is 0.380 e. The molecular weight excluding hydrogens is 288 g/mol. The lowest BCUT2D eigenvalue weighted by molar-refractivity contribution is 0.152. The van der Waals surface area contributed by atoms with Crippen LogP contribution >= 0.6 is 0 Å². The molecule has 0 spiro atoms. The smallest absolute Gasteiger partial charge is 0.191 e. The number of benzene rings is 1. The Bertz CT molecular complexity index is 443. The molecule has 0 amide bonds. The van der Waals surface area contributed by atoms with Gasteiger partial charge in [-0.2, -0.15) is 0 Å². The van der Waals surface area contributed by atoms with Gasteiger partial charge in [0.15, 0.2) is 5.96 Å². The van der Waals surface area contributed by atoms with Crippen molar-refractivity contribution in [2.45, 2.75) is 26.7 Å². The summed E-state index contributed by atoms with van der Waals surface area (Å²) in [5.74, 6) is 0.871. The zero-order chi connectivity index (χ0) is 16.9. The predicted octanol–water partition coefficient (Wildman–Crippen LogP) is 2.28. The van der Waals surface area contributed by atoms with Crippen LogP contribution in [0.3, 0.4) is 0 Å². The molecule has 130 valence electrons. The number of anilines is 1. The second-order valence-electron chi connectivity index (χ2n) is 5.55. The minimum absolute atomic E-state index is 0.707. The van der Waals surface area contributed by atoms with Crippen molar-refractivity contribution < 1.29 is 4.74 Å². The van der Waals surface area contributed by atoms with Crippen molar-refractivity contribution >= 4 is 11.6 Å². The van der Waals surface area contributed by atoms with Crippen molar-refractivity contribution in [3.63, 3.8) is 0 Å². The minimum Gasteiger partial charge on any atom is -0.380 e. The highest BCUT2D eigenvalue weighted by molar-refractivity contribution is 5.79. The van der Waals surface area contributed by atoms with Gasteiger partial charge in [-0.15, -0.1) is 0 Å². The molecule has 0 saturated heterocycles. The Morgan fingerprint density at radius 1 is 1.13 bits per heavy atom. The molecule has 0 atom stereocenters. The molecule has 0 radical (unpaired) electrons. The Labute approximate surface area is 141 Å². The molecule has 5 heteroatoms. The summed E-state index contributed by atoms with van der Waals surface area (Å²) in [5, 5.41) is 6.54. The second-order valence-corrected chi connectivity index (χ2v) is 5.55. The van der Waals surface area contributed by atoms with Gasteiger partial charge >= 0.3 is 0 Å². The van der Waals surface area contributed by atoms with Crippen LogP contribution in [-0.4, -0.2) is 52.9 Å². The third-order valence-electron chi connectivity index (χ3n) is 3.43. The van der Waals surface area contributed by atoms with Gasteiger partial charge in [-0.1, -0.05) is 12.1 Å². The number of guanidine groups is 1. The van der Waals surface area contributed by atoms with Gasteiger partial charge in [0, 0.05) is 46.0 Å². The number of aryl methyl sites for hydroxylation is 1. The summed E-state index contributed by atoms with van der Waals surface area (Å²) in [5.41, 5.74) is 2.60. The van der Waals surface area contributed by atoms with Gasteiger partial charge in [0.25, 0.3) is 0 Å². The van der Waals surface area contributed by atoms with Gasteiger partial charge in [0.2, 0.25) is 0 Å². The number of hydrogen-bond donors (Lipinski definition) is 2. The van der Waals surface area contributed by atoms with Crippen LogP contribution < -0.4 is 15.5 Å². The molecule has 0 heterocycles. The van der Waals surface area contributed by atoms with E-state index in [-0.39, 0.29) is 0 Å². The van der Waals surface area contributed by atoms with Crippen LogP contribution in [0.2, 0.25) is 0 Å². The Morgan fingerprint density at radius 3 is 2.48 bits per heavy atom. The highest BCUT2D eigenvalue weighted by Crippen LogP contribution is 2.13. The number of nitrogens with zero attached hydrogens (tertiary/aromatic N) is 2. The number of nitrogens with one attached hydrogen (secondary N) is 2. The molecule has 0 aliphatic rings. The van der Waals surface area contributed by atoms with Gasteiger partial charge in [0.05, 0.1) is 6.61 Å². The summed E-state index contributed by atoms with van der Waals surface area (Å²) in [6, 6.07) is 8.73. The van der Waals surface area contributed by atoms with Crippen LogP contribution in [0.5, 0.6) is 0 Å². The molecule has 0 aromatic heterocycles. The topological polar surface area (TPSA) is 48.9 Å². The molecule has 0 fully saturated rings. The molecule has 1 rings (SSSR count). The van der Waals surface area contributed by atoms with Crippen molar-refractivity contribution in [2.24, 2.45) is 4.99 Å². The van der Waals surface area contributed by atoms with Gasteiger partial charge < -0.3 is 20.3 Å². The van der Waals surface area contributed by atoms with E-state index in [0.29, 0.717) is 6.61 Å². The van der Waals surface area contributed by atoms with E-state index >= 15 is 0 Å². The number of rotatable bonds is 10. The summed E-state index contributed by atoms with van der Waals surface area (Å²) < 4.78 is 5.32. The van der Waals surface area contributed by atoms with Crippen LogP contribution in [0, 0.1) is 0 Å². The molecule has 1 aromatic carbocycles. The van der Waals surface area contributed by atoms with Crippen molar-refractivity contribution in [2.75, 3.05) is 51.8 Å². The fourth-order valence-corrected chi connectivity index (χ4v) is 2.16. The van der Waals surface area contributed by atoms with E-state index < -0.39 is 0 Å². The third-order valence-corrected chi connectivity index (χ3v) is 3.43. The van der Waals surface area contributed by atoms with E-state index in [1.54, 1.807) is 0 Å². The molecule has 0 bridgehead atoms. The maximum absolute atomic E-state index is 5.32. The highest BCUT2D eigenvalue weighted by atomic mass is 16.5. The first kappa shape index (κ1) is 19.3. The van der Waals surface area contributed by atoms with E-state index in [4.69, 9.17) is 4.74 Å². The summed E-state index contributed by atoms with van der Waals surface area (Å²) >= 11 is 0. The van der Waals surface area contributed by atoms with E-state index in [1.807, 2.05) is 6.92 Å². The van der Waals surface area contributed by atoms with Crippen LogP contribution in [-0.2, 0) is 11.2 Å². The number of ether oxygens (including phenoxy) is 1. The van der Waals surface area contributed by atoms with Crippen molar-refractivity contribution in [3.8, 4) is 0 Å². The Kier molecular flexibility index (Phi) is 9.87. The third kappa shape index (κ3) is 8.45. The van der Waals surface area contributed by atoms with Gasteiger partial charge in [-0.3, -0.25) is 4.99 Å². The lowest BCUT2D eigenvalue weighted by atomic mass is 10.1. The molecule has 5 nitrogen and oxygen atoms in total. The normalized spacial score (nSPS) is 11.4. The van der Waals surface area contributed by atoms with E-state index in [1.165, 1.54) is 11.3 Å². The fourth-order valence-electron chi connectivity index (χ4n) is 2.16. The fraction of sp³-hybridized carbons (Fsp3) is 0.611. The van der Waals surface area contributed by atoms with Crippen LogP contribution in [0.15, 0.2) is 29.3 Å². The standard InChI is InChI=1S/C18H32N4O/c1-5-19-18(21-14-15-23-6-2)20-13-7-8-16-9-11-17(12-10-16)22(3)4/h9-12H,5-8,13-15H2,1-4H3,(H2,19,20,21). The van der Waals surface area contributed by atoms with Crippen molar-refractivity contribution in [1.82, 2.24) is 10.6 Å². The highest BCUT2D eigenvalue weighted by Gasteiger charge is 1.98. The average Bonchev–Trinajstić information content (AvgIpc) is 2.55. The molecule has 1 aromatic rings. The van der Waals surface area contributed by atoms with Gasteiger partial charge in [-0.05, 0) is 44.4 Å². The lowest BCUT2D eigenvalue weighted by Crippen LogP contribution is -2.39. The first-order chi connectivity index (χ1) is 11.2. The quantitative estimate of drug-likeness (QED) is 0.394. The first-order valence-electron chi connectivity index (χ1n) is 8.53. The monoisotopic (exact) mass is 320 g/mol. The summed E-state index contributed by atoms with van der Waals surface area (Å²) in [4.78, 5) is 6.72. The minimum atomic E-state index is 0.707. The van der Waals surface area contributed by atoms with Gasteiger partial charge in [-0.25, -0.2) is 0 Å². The molecule has 23 heavy (non-hydrogen) atoms. The zero-order valence-electron chi connectivity index (χ0n) is 15.1. The molecule has 0 aliphatic heterocycles. The molecule has 0 unspecified atom stereocenters. The van der Waals surface area contributed by atoms with E-state index in [0.717, 1.165) is 45.0 Å². The maximum Gasteiger partial charge on any atom is 0.191 e. The van der Waals surface area contributed by atoms with Crippen LogP contribution in [0.25, 0.3) is 0 Å². The molecular formula is C18H32N4O. The lowest BCUT2D eigenvalue weighted by Gasteiger charge is -2.13. The Hall–Kier alpha value is -1.75. The average molecular weight is 320 g/mol. The van der Waals surface area contributed by atoms with Crippen molar-refractivity contribution in [3.05, 3.63) is 29.8 Å². The first-order valence-corrected chi connectivity index (χ1v) is 8.53. The summed E-state index contributed by atoms with van der Waals surface area (Å²) in [6.07, 6.45) is 2.10. The maximum atomic E-state index is 5.32.